The first-order valence-corrected chi connectivity index (χ1v) is 5.71. The van der Waals surface area contributed by atoms with Gasteiger partial charge in [0, 0.05) is 6.08 Å². The average Bonchev–Trinajstić information content (AvgIpc) is 2.43. The van der Waals surface area contributed by atoms with Crippen molar-refractivity contribution < 1.29 is 27.5 Å². The monoisotopic (exact) mass is 299 g/mol. The van der Waals surface area contributed by atoms with Crippen LogP contribution in [0.4, 0.5) is 13.2 Å². The zero-order valence-corrected chi connectivity index (χ0v) is 11.0. The third-order valence-corrected chi connectivity index (χ3v) is 2.51. The SMILES string of the molecule is C=C=CC(=O)NC(c1ccc(C(=O)OC)cc1)C(F)(F)F. The number of carbonyl (C=O) groups excluding carboxylic acids is 2. The van der Waals surface area contributed by atoms with Crippen molar-refractivity contribution in [1.29, 1.82) is 0 Å². The number of amides is 1. The zero-order chi connectivity index (χ0) is 16.0. The second-order valence-corrected chi connectivity index (χ2v) is 3.95. The molecule has 0 fully saturated rings. The van der Waals surface area contributed by atoms with E-state index >= 15 is 0 Å². The number of ether oxygens (including phenoxy) is 1. The lowest BCUT2D eigenvalue weighted by atomic mass is 10.0. The molecule has 0 aromatic heterocycles. The minimum atomic E-state index is -4.68. The quantitative estimate of drug-likeness (QED) is 0.528. The summed E-state index contributed by atoms with van der Waals surface area (Å²) in [5.41, 5.74) is 2.00. The lowest BCUT2D eigenvalue weighted by Crippen LogP contribution is -2.37. The highest BCUT2D eigenvalue weighted by Crippen LogP contribution is 2.32. The van der Waals surface area contributed by atoms with E-state index in [4.69, 9.17) is 0 Å². The van der Waals surface area contributed by atoms with Crippen LogP contribution in [0.15, 0.2) is 42.7 Å². The standard InChI is InChI=1S/C14H12F3NO3/c1-3-4-11(19)18-12(14(15,16)17)9-5-7-10(8-6-9)13(20)21-2/h4-8,12H,1H2,2H3,(H,18,19). The van der Waals surface area contributed by atoms with Crippen molar-refractivity contribution in [1.82, 2.24) is 5.32 Å². The van der Waals surface area contributed by atoms with E-state index < -0.39 is 24.1 Å². The Morgan fingerprint density at radius 3 is 2.33 bits per heavy atom. The van der Waals surface area contributed by atoms with E-state index in [0.29, 0.717) is 0 Å². The van der Waals surface area contributed by atoms with Gasteiger partial charge in [-0.3, -0.25) is 4.79 Å². The Labute approximate surface area is 118 Å². The molecule has 112 valence electrons. The molecule has 0 aliphatic heterocycles. The molecule has 1 unspecified atom stereocenters. The minimum absolute atomic E-state index is 0.111. The van der Waals surface area contributed by atoms with Crippen molar-refractivity contribution in [3.63, 3.8) is 0 Å². The highest BCUT2D eigenvalue weighted by molar-refractivity contribution is 5.89. The van der Waals surface area contributed by atoms with Crippen LogP contribution in [-0.2, 0) is 9.53 Å². The number of halogens is 3. The van der Waals surface area contributed by atoms with Gasteiger partial charge in [-0.25, -0.2) is 4.79 Å². The summed E-state index contributed by atoms with van der Waals surface area (Å²) in [6, 6.07) is 2.39. The van der Waals surface area contributed by atoms with Gasteiger partial charge in [0.05, 0.1) is 12.7 Å². The van der Waals surface area contributed by atoms with Gasteiger partial charge in [0.1, 0.15) is 0 Å². The second-order valence-electron chi connectivity index (χ2n) is 3.95. The number of carbonyl (C=O) groups is 2. The van der Waals surface area contributed by atoms with Crippen molar-refractivity contribution in [3.05, 3.63) is 53.8 Å². The average molecular weight is 299 g/mol. The highest BCUT2D eigenvalue weighted by Gasteiger charge is 2.41. The summed E-state index contributed by atoms with van der Waals surface area (Å²) in [7, 11) is 1.16. The Morgan fingerprint density at radius 1 is 1.33 bits per heavy atom. The Morgan fingerprint density at radius 2 is 1.90 bits per heavy atom. The van der Waals surface area contributed by atoms with Crippen LogP contribution in [0.5, 0.6) is 0 Å². The maximum absolute atomic E-state index is 13.0. The Kier molecular flexibility index (Phi) is 5.32. The number of rotatable bonds is 4. The maximum atomic E-state index is 13.0. The molecule has 1 N–H and O–H groups in total. The molecular formula is C14H12F3NO3. The molecule has 1 rings (SSSR count). The van der Waals surface area contributed by atoms with E-state index in [1.807, 2.05) is 0 Å². The summed E-state index contributed by atoms with van der Waals surface area (Å²) in [6.45, 7) is 3.11. The molecule has 0 saturated carbocycles. The summed E-state index contributed by atoms with van der Waals surface area (Å²) >= 11 is 0. The Balaban J connectivity index is 3.07. The number of esters is 1. The zero-order valence-electron chi connectivity index (χ0n) is 11.0. The van der Waals surface area contributed by atoms with Crippen LogP contribution in [0.1, 0.15) is 22.0 Å². The fourth-order valence-electron chi connectivity index (χ4n) is 1.56. The van der Waals surface area contributed by atoms with E-state index in [1.54, 1.807) is 5.32 Å². The molecule has 0 bridgehead atoms. The van der Waals surface area contributed by atoms with Crippen LogP contribution in [0.25, 0.3) is 0 Å². The maximum Gasteiger partial charge on any atom is 0.412 e. The summed E-state index contributed by atoms with van der Waals surface area (Å²) in [4.78, 5) is 22.5. The van der Waals surface area contributed by atoms with Crippen molar-refractivity contribution in [3.8, 4) is 0 Å². The number of hydrogen-bond donors (Lipinski definition) is 1. The smallest absolute Gasteiger partial charge is 0.412 e. The molecule has 4 nitrogen and oxygen atoms in total. The Hall–Kier alpha value is -2.53. The number of alkyl halides is 3. The van der Waals surface area contributed by atoms with E-state index in [0.717, 1.165) is 25.3 Å². The third kappa shape index (κ3) is 4.50. The van der Waals surface area contributed by atoms with E-state index in [-0.39, 0.29) is 11.1 Å². The molecule has 0 saturated heterocycles. The molecule has 0 aliphatic carbocycles. The van der Waals surface area contributed by atoms with Gasteiger partial charge in [-0.15, -0.1) is 5.73 Å². The molecule has 1 aromatic rings. The Bertz CT molecular complexity index is 572. The van der Waals surface area contributed by atoms with Gasteiger partial charge < -0.3 is 10.1 Å². The molecule has 1 aromatic carbocycles. The number of methoxy groups -OCH3 is 1. The van der Waals surface area contributed by atoms with E-state index in [2.05, 4.69) is 17.0 Å². The number of nitrogens with one attached hydrogen (secondary N) is 1. The first kappa shape index (κ1) is 16.5. The molecule has 1 atom stereocenters. The normalized spacial score (nSPS) is 12.0. The molecule has 7 heteroatoms. The molecule has 0 heterocycles. The van der Waals surface area contributed by atoms with Crippen LogP contribution >= 0.6 is 0 Å². The molecule has 0 aliphatic rings. The molecule has 0 radical (unpaired) electrons. The van der Waals surface area contributed by atoms with Gasteiger partial charge in [-0.2, -0.15) is 13.2 Å². The van der Waals surface area contributed by atoms with Crippen LogP contribution in [0, 0.1) is 0 Å². The van der Waals surface area contributed by atoms with Gasteiger partial charge in [0.2, 0.25) is 0 Å². The van der Waals surface area contributed by atoms with Crippen LogP contribution in [-0.4, -0.2) is 25.2 Å². The van der Waals surface area contributed by atoms with Gasteiger partial charge in [0.25, 0.3) is 5.91 Å². The van der Waals surface area contributed by atoms with Gasteiger partial charge in [0.15, 0.2) is 6.04 Å². The molecule has 0 spiro atoms. The second kappa shape index (κ2) is 6.76. The fraction of sp³-hybridized carbons (Fsp3) is 0.214. The fourth-order valence-corrected chi connectivity index (χ4v) is 1.56. The van der Waals surface area contributed by atoms with Crippen LogP contribution in [0.3, 0.4) is 0 Å². The lowest BCUT2D eigenvalue weighted by Gasteiger charge is -2.21. The molecular weight excluding hydrogens is 287 g/mol. The highest BCUT2D eigenvalue weighted by atomic mass is 19.4. The third-order valence-electron chi connectivity index (χ3n) is 2.51. The van der Waals surface area contributed by atoms with Crippen molar-refractivity contribution in [2.75, 3.05) is 7.11 Å². The van der Waals surface area contributed by atoms with Crippen LogP contribution in [0.2, 0.25) is 0 Å². The summed E-state index contributed by atoms with van der Waals surface area (Å²) in [5.74, 6) is -1.63. The van der Waals surface area contributed by atoms with Gasteiger partial charge in [-0.05, 0) is 17.7 Å². The van der Waals surface area contributed by atoms with E-state index in [1.165, 1.54) is 12.1 Å². The number of hydrogen-bond acceptors (Lipinski definition) is 3. The summed E-state index contributed by atoms with van der Waals surface area (Å²) in [5, 5.41) is 1.80. The largest absolute Gasteiger partial charge is 0.465 e. The van der Waals surface area contributed by atoms with Crippen molar-refractivity contribution in [2.24, 2.45) is 0 Å². The summed E-state index contributed by atoms with van der Waals surface area (Å²) in [6.07, 6.45) is -3.92. The first-order valence-electron chi connectivity index (χ1n) is 5.71. The first-order chi connectivity index (χ1) is 9.79. The van der Waals surface area contributed by atoms with Crippen LogP contribution < -0.4 is 5.32 Å². The number of benzene rings is 1. The van der Waals surface area contributed by atoms with Gasteiger partial charge in [-0.1, -0.05) is 18.7 Å². The minimum Gasteiger partial charge on any atom is -0.465 e. The van der Waals surface area contributed by atoms with Crippen molar-refractivity contribution in [2.45, 2.75) is 12.2 Å². The molecule has 1 amide bonds. The van der Waals surface area contributed by atoms with Gasteiger partial charge >= 0.3 is 12.1 Å². The predicted octanol–water partition coefficient (Wildman–Crippen LogP) is 2.53. The summed E-state index contributed by atoms with van der Waals surface area (Å²) < 4.78 is 43.4. The predicted molar refractivity (Wildman–Crippen MR) is 68.4 cm³/mol. The van der Waals surface area contributed by atoms with Crippen molar-refractivity contribution >= 4 is 11.9 Å². The lowest BCUT2D eigenvalue weighted by molar-refractivity contribution is -0.162. The topological polar surface area (TPSA) is 55.4 Å². The molecule has 21 heavy (non-hydrogen) atoms. The van der Waals surface area contributed by atoms with E-state index in [9.17, 15) is 22.8 Å².